The molecule has 2 aliphatic rings. The first-order valence-electron chi connectivity index (χ1n) is 10.9. The Balaban J connectivity index is 1.39. The van der Waals surface area contributed by atoms with Crippen LogP contribution < -0.4 is 15.5 Å². The monoisotopic (exact) mass is 405 g/mol. The van der Waals surface area contributed by atoms with Crippen molar-refractivity contribution in [3.63, 3.8) is 0 Å². The van der Waals surface area contributed by atoms with Crippen LogP contribution in [0.15, 0.2) is 23.3 Å². The largest absolute Gasteiger partial charge is 0.356 e. The number of rotatable bonds is 7. The lowest BCUT2D eigenvalue weighted by Gasteiger charge is -2.35. The number of piperazine rings is 1. The van der Waals surface area contributed by atoms with E-state index in [1.165, 1.54) is 19.2 Å². The van der Waals surface area contributed by atoms with Crippen molar-refractivity contribution in [2.24, 2.45) is 10.9 Å². The number of halogens is 1. The zero-order valence-electron chi connectivity index (χ0n) is 18.1. The summed E-state index contributed by atoms with van der Waals surface area (Å²) in [4.78, 5) is 15.6. The Kier molecular flexibility index (Phi) is 8.06. The quantitative estimate of drug-likeness (QED) is 0.526. The fraction of sp³-hybridized carbons (Fsp3) is 0.714. The molecule has 0 aliphatic carbocycles. The summed E-state index contributed by atoms with van der Waals surface area (Å²) < 4.78 is 14.0. The maximum Gasteiger partial charge on any atom is 0.191 e. The molecule has 1 aromatic heterocycles. The third-order valence-electron chi connectivity index (χ3n) is 5.89. The van der Waals surface area contributed by atoms with Crippen LogP contribution in [0.2, 0.25) is 0 Å². The number of nitrogens with one attached hydrogen (secondary N) is 2. The molecule has 3 heterocycles. The van der Waals surface area contributed by atoms with Crippen LogP contribution in [0, 0.1) is 11.7 Å². The smallest absolute Gasteiger partial charge is 0.191 e. The summed E-state index contributed by atoms with van der Waals surface area (Å²) in [6.45, 7) is 13.9. The molecule has 2 atom stereocenters. The van der Waals surface area contributed by atoms with Gasteiger partial charge >= 0.3 is 0 Å². The molecule has 2 saturated heterocycles. The number of pyridine rings is 1. The lowest BCUT2D eigenvalue weighted by atomic mass is 10.1. The van der Waals surface area contributed by atoms with E-state index in [1.807, 2.05) is 4.90 Å². The standard InChI is InChI=1S/C21H36FN7/c1-4-27-10-12-28(13-11-27)15-17(2)14-25-21(23-3)26-18-7-9-29(16-18)20-19(22)6-5-8-24-20/h5-6,8,17-18H,4,7,9-16H2,1-3H3,(H2,23,25,26). The molecule has 2 unspecified atom stereocenters. The number of hydrogen-bond donors (Lipinski definition) is 2. The highest BCUT2D eigenvalue weighted by atomic mass is 19.1. The van der Waals surface area contributed by atoms with Crippen molar-refractivity contribution >= 4 is 11.8 Å². The van der Waals surface area contributed by atoms with E-state index in [1.54, 1.807) is 19.3 Å². The molecule has 0 aromatic carbocycles. The molecule has 29 heavy (non-hydrogen) atoms. The molecule has 3 rings (SSSR count). The van der Waals surface area contributed by atoms with Crippen molar-refractivity contribution in [1.29, 1.82) is 0 Å². The molecule has 0 spiro atoms. The van der Waals surface area contributed by atoms with Crippen molar-refractivity contribution in [3.05, 3.63) is 24.1 Å². The molecule has 162 valence electrons. The summed E-state index contributed by atoms with van der Waals surface area (Å²) in [5.41, 5.74) is 0. The number of hydrogen-bond acceptors (Lipinski definition) is 5. The number of anilines is 1. The zero-order chi connectivity index (χ0) is 20.6. The van der Waals surface area contributed by atoms with E-state index in [-0.39, 0.29) is 11.9 Å². The predicted molar refractivity (Wildman–Crippen MR) is 117 cm³/mol. The fourth-order valence-electron chi connectivity index (χ4n) is 4.13. The van der Waals surface area contributed by atoms with Crippen molar-refractivity contribution in [2.75, 3.05) is 70.9 Å². The van der Waals surface area contributed by atoms with Gasteiger partial charge in [-0.1, -0.05) is 13.8 Å². The molecule has 1 aromatic rings. The van der Waals surface area contributed by atoms with Gasteiger partial charge in [0.15, 0.2) is 17.6 Å². The third kappa shape index (κ3) is 6.27. The van der Waals surface area contributed by atoms with Crippen molar-refractivity contribution < 1.29 is 4.39 Å². The normalized spacial score (nSPS) is 22.7. The molecule has 2 N–H and O–H groups in total. The first kappa shape index (κ1) is 21.8. The van der Waals surface area contributed by atoms with Crippen LogP contribution in [0.1, 0.15) is 20.3 Å². The zero-order valence-corrected chi connectivity index (χ0v) is 18.1. The van der Waals surface area contributed by atoms with E-state index >= 15 is 0 Å². The first-order valence-corrected chi connectivity index (χ1v) is 10.9. The highest BCUT2D eigenvalue weighted by Crippen LogP contribution is 2.20. The molecule has 0 bridgehead atoms. The Morgan fingerprint density at radius 3 is 2.72 bits per heavy atom. The number of nitrogens with zero attached hydrogens (tertiary/aromatic N) is 5. The van der Waals surface area contributed by atoms with Gasteiger partial charge in [-0.2, -0.15) is 0 Å². The van der Waals surface area contributed by atoms with Crippen LogP contribution in [-0.2, 0) is 0 Å². The van der Waals surface area contributed by atoms with E-state index in [9.17, 15) is 4.39 Å². The van der Waals surface area contributed by atoms with Crippen LogP contribution in [0.3, 0.4) is 0 Å². The first-order chi connectivity index (χ1) is 14.1. The Morgan fingerprint density at radius 1 is 1.28 bits per heavy atom. The van der Waals surface area contributed by atoms with E-state index in [0.717, 1.165) is 58.2 Å². The summed E-state index contributed by atoms with van der Waals surface area (Å²) >= 11 is 0. The van der Waals surface area contributed by atoms with E-state index in [2.05, 4.69) is 44.3 Å². The number of guanidine groups is 1. The van der Waals surface area contributed by atoms with E-state index in [4.69, 9.17) is 0 Å². The second-order valence-corrected chi connectivity index (χ2v) is 8.18. The second-order valence-electron chi connectivity index (χ2n) is 8.18. The summed E-state index contributed by atoms with van der Waals surface area (Å²) in [6, 6.07) is 3.33. The minimum atomic E-state index is -0.260. The van der Waals surface area contributed by atoms with Crippen molar-refractivity contribution in [3.8, 4) is 0 Å². The molecule has 8 heteroatoms. The lowest BCUT2D eigenvalue weighted by molar-refractivity contribution is 0.124. The van der Waals surface area contributed by atoms with Gasteiger partial charge in [0.2, 0.25) is 0 Å². The number of aromatic nitrogens is 1. The molecule has 2 fully saturated rings. The van der Waals surface area contributed by atoms with Crippen molar-refractivity contribution in [2.45, 2.75) is 26.3 Å². The van der Waals surface area contributed by atoms with Crippen molar-refractivity contribution in [1.82, 2.24) is 25.4 Å². The maximum atomic E-state index is 14.0. The minimum absolute atomic E-state index is 0.236. The molecular formula is C21H36FN7. The van der Waals surface area contributed by atoms with Crippen LogP contribution in [-0.4, -0.2) is 92.7 Å². The van der Waals surface area contributed by atoms with Gasteiger partial charge in [0.1, 0.15) is 0 Å². The topological polar surface area (TPSA) is 59.0 Å². The highest BCUT2D eigenvalue weighted by Gasteiger charge is 2.26. The lowest BCUT2D eigenvalue weighted by Crippen LogP contribution is -2.49. The maximum absolute atomic E-state index is 14.0. The number of likely N-dealkylation sites (N-methyl/N-ethyl adjacent to an activating group) is 1. The number of aliphatic imine (C=N–C) groups is 1. The SMILES string of the molecule is CCN1CCN(CC(C)CNC(=NC)NC2CCN(c3ncccc3F)C2)CC1. The Bertz CT molecular complexity index is 660. The van der Waals surface area contributed by atoms with Gasteiger partial charge in [0, 0.05) is 71.6 Å². The Hall–Kier alpha value is -1.93. The summed E-state index contributed by atoms with van der Waals surface area (Å²) in [6.07, 6.45) is 2.58. The van der Waals surface area contributed by atoms with Crippen LogP contribution in [0.25, 0.3) is 0 Å². The van der Waals surface area contributed by atoms with Gasteiger partial charge in [0.05, 0.1) is 0 Å². The van der Waals surface area contributed by atoms with Crippen LogP contribution >= 0.6 is 0 Å². The second kappa shape index (κ2) is 10.7. The van der Waals surface area contributed by atoms with Gasteiger partial charge in [-0.15, -0.1) is 0 Å². The van der Waals surface area contributed by atoms with Crippen LogP contribution in [0.5, 0.6) is 0 Å². The molecule has 7 nitrogen and oxygen atoms in total. The van der Waals surface area contributed by atoms with Gasteiger partial charge in [-0.3, -0.25) is 4.99 Å². The molecular weight excluding hydrogens is 369 g/mol. The molecule has 0 radical (unpaired) electrons. The van der Waals surface area contributed by atoms with Crippen LogP contribution in [0.4, 0.5) is 10.2 Å². The van der Waals surface area contributed by atoms with E-state index < -0.39 is 0 Å². The molecule has 2 aliphatic heterocycles. The van der Waals surface area contributed by atoms with E-state index in [0.29, 0.717) is 11.7 Å². The fourth-order valence-corrected chi connectivity index (χ4v) is 4.13. The third-order valence-corrected chi connectivity index (χ3v) is 5.89. The van der Waals surface area contributed by atoms with Gasteiger partial charge in [-0.25, -0.2) is 9.37 Å². The predicted octanol–water partition coefficient (Wildman–Crippen LogP) is 1.24. The highest BCUT2D eigenvalue weighted by molar-refractivity contribution is 5.80. The summed E-state index contributed by atoms with van der Waals surface area (Å²) in [5.74, 6) is 1.55. The Labute approximate surface area is 174 Å². The van der Waals surface area contributed by atoms with Gasteiger partial charge in [-0.05, 0) is 31.0 Å². The molecule has 0 amide bonds. The van der Waals surface area contributed by atoms with Gasteiger partial charge < -0.3 is 25.3 Å². The van der Waals surface area contributed by atoms with Gasteiger partial charge in [0.25, 0.3) is 0 Å². The average Bonchev–Trinajstić information content (AvgIpc) is 3.20. The average molecular weight is 406 g/mol. The molecule has 0 saturated carbocycles. The summed E-state index contributed by atoms with van der Waals surface area (Å²) in [7, 11) is 1.80. The minimum Gasteiger partial charge on any atom is -0.356 e. The summed E-state index contributed by atoms with van der Waals surface area (Å²) in [5, 5.41) is 6.95. The Morgan fingerprint density at radius 2 is 2.03 bits per heavy atom.